The number of amides is 2. The second-order valence-corrected chi connectivity index (χ2v) is 11.7. The number of halogens is 1. The van der Waals surface area contributed by atoms with Gasteiger partial charge in [-0.3, -0.25) is 10.1 Å². The summed E-state index contributed by atoms with van der Waals surface area (Å²) in [6.07, 6.45) is 2.35. The Hall–Kier alpha value is -3.28. The number of rotatable bonds is 9. The van der Waals surface area contributed by atoms with E-state index in [2.05, 4.69) is 20.6 Å². The Bertz CT molecular complexity index is 1320. The number of hydrogen-bond donors (Lipinski definition) is 3. The number of hydrogen-bond acceptors (Lipinski definition) is 7. The normalized spacial score (nSPS) is 16.0. The van der Waals surface area contributed by atoms with Crippen molar-refractivity contribution in [2.45, 2.75) is 52.7 Å². The fourth-order valence-corrected chi connectivity index (χ4v) is 4.37. The fraction of sp³-hybridized carbons (Fsp3) is 0.444. The van der Waals surface area contributed by atoms with Gasteiger partial charge < -0.3 is 29.1 Å². The molecule has 10 nitrogen and oxygen atoms in total. The number of H-pyrrole nitrogens is 1. The van der Waals surface area contributed by atoms with Crippen molar-refractivity contribution < 1.29 is 28.4 Å². The lowest BCUT2D eigenvalue weighted by molar-refractivity contribution is -0.110. The number of aromatic nitrogens is 2. The molecule has 208 valence electrons. The third-order valence-corrected chi connectivity index (χ3v) is 6.28. The minimum Gasteiger partial charge on any atom is -0.488 e. The highest BCUT2D eigenvalue weighted by molar-refractivity contribution is 6.65. The molecule has 1 aliphatic heterocycles. The lowest BCUT2D eigenvalue weighted by atomic mass is 9.76. The molecule has 4 rings (SSSR count). The summed E-state index contributed by atoms with van der Waals surface area (Å²) in [6.45, 7) is 10.4. The molecule has 3 N–H and O–H groups in total. The third-order valence-electron chi connectivity index (χ3n) is 5.98. The first kappa shape index (κ1) is 28.7. The van der Waals surface area contributed by atoms with Gasteiger partial charge in [-0.15, -0.1) is 0 Å². The molecular formula is C27H34BClN4O6. The SMILES string of the molecule is CC1(C)COB(c2cc(OC[C@H](Cc3c[nH]c4ccccc34)NC=O)c(NC(=O)OC(C)(C)C)nc2Cl)OC1. The molecule has 2 aromatic heterocycles. The van der Waals surface area contributed by atoms with Crippen LogP contribution in [0.5, 0.6) is 5.75 Å². The largest absolute Gasteiger partial charge is 0.497 e. The summed E-state index contributed by atoms with van der Waals surface area (Å²) in [5.41, 5.74) is 1.65. The maximum Gasteiger partial charge on any atom is 0.497 e. The molecule has 1 aromatic carbocycles. The third kappa shape index (κ3) is 7.65. The zero-order valence-corrected chi connectivity index (χ0v) is 23.6. The van der Waals surface area contributed by atoms with E-state index in [9.17, 15) is 9.59 Å². The monoisotopic (exact) mass is 556 g/mol. The molecule has 1 fully saturated rings. The van der Waals surface area contributed by atoms with E-state index in [1.54, 1.807) is 26.8 Å². The molecule has 0 unspecified atom stereocenters. The van der Waals surface area contributed by atoms with E-state index in [-0.39, 0.29) is 34.8 Å². The number of carbonyl (C=O) groups is 2. The number of fused-ring (bicyclic) bond motifs is 1. The second-order valence-electron chi connectivity index (χ2n) is 11.3. The first-order valence-electron chi connectivity index (χ1n) is 12.8. The molecule has 1 saturated heterocycles. The van der Waals surface area contributed by atoms with Crippen molar-refractivity contribution in [2.75, 3.05) is 25.1 Å². The van der Waals surface area contributed by atoms with Gasteiger partial charge in [0.15, 0.2) is 11.6 Å². The molecule has 0 bridgehead atoms. The van der Waals surface area contributed by atoms with Crippen LogP contribution in [-0.2, 0) is 25.3 Å². The molecule has 1 aliphatic rings. The summed E-state index contributed by atoms with van der Waals surface area (Å²) < 4.78 is 23.3. The van der Waals surface area contributed by atoms with Crippen LogP contribution in [0.2, 0.25) is 5.15 Å². The first-order valence-corrected chi connectivity index (χ1v) is 13.1. The van der Waals surface area contributed by atoms with Crippen molar-refractivity contribution in [3.63, 3.8) is 0 Å². The Morgan fingerprint density at radius 3 is 2.69 bits per heavy atom. The minimum atomic E-state index is -0.744. The molecule has 0 aliphatic carbocycles. The summed E-state index contributed by atoms with van der Waals surface area (Å²) in [5, 5.41) is 6.60. The van der Waals surface area contributed by atoms with Gasteiger partial charge in [-0.1, -0.05) is 43.6 Å². The van der Waals surface area contributed by atoms with Crippen molar-refractivity contribution >= 4 is 53.4 Å². The van der Waals surface area contributed by atoms with Crippen molar-refractivity contribution in [1.82, 2.24) is 15.3 Å². The number of ether oxygens (including phenoxy) is 2. The van der Waals surface area contributed by atoms with Crippen LogP contribution in [-0.4, -0.2) is 61.1 Å². The van der Waals surface area contributed by atoms with Crippen LogP contribution in [0.1, 0.15) is 40.2 Å². The lowest BCUT2D eigenvalue weighted by Crippen LogP contribution is -2.48. The fourth-order valence-electron chi connectivity index (χ4n) is 4.14. The van der Waals surface area contributed by atoms with Gasteiger partial charge in [-0.05, 0) is 44.9 Å². The van der Waals surface area contributed by atoms with Gasteiger partial charge >= 0.3 is 13.2 Å². The van der Waals surface area contributed by atoms with Crippen molar-refractivity contribution in [3.8, 4) is 5.75 Å². The quantitative estimate of drug-likeness (QED) is 0.206. The van der Waals surface area contributed by atoms with Gasteiger partial charge in [0.1, 0.15) is 17.4 Å². The van der Waals surface area contributed by atoms with E-state index in [1.807, 2.05) is 44.3 Å². The van der Waals surface area contributed by atoms with E-state index in [0.29, 0.717) is 31.5 Å². The summed E-state index contributed by atoms with van der Waals surface area (Å²) >= 11 is 6.50. The molecule has 0 spiro atoms. The molecule has 3 aromatic rings. The highest BCUT2D eigenvalue weighted by Gasteiger charge is 2.36. The minimum absolute atomic E-state index is 0.0751. The zero-order valence-electron chi connectivity index (χ0n) is 22.8. The molecule has 12 heteroatoms. The van der Waals surface area contributed by atoms with Crippen LogP contribution in [0, 0.1) is 5.41 Å². The second kappa shape index (κ2) is 11.9. The maximum atomic E-state index is 12.5. The van der Waals surface area contributed by atoms with Crippen LogP contribution >= 0.6 is 11.6 Å². The Balaban J connectivity index is 1.58. The number of nitrogens with zero attached hydrogens (tertiary/aromatic N) is 1. The van der Waals surface area contributed by atoms with Gasteiger partial charge in [0.2, 0.25) is 6.41 Å². The first-order chi connectivity index (χ1) is 18.4. The number of benzene rings is 1. The Morgan fingerprint density at radius 1 is 1.28 bits per heavy atom. The van der Waals surface area contributed by atoms with E-state index in [1.165, 1.54) is 0 Å². The summed E-state index contributed by atoms with van der Waals surface area (Å²) in [5.74, 6) is 0.306. The van der Waals surface area contributed by atoms with Crippen LogP contribution in [0.15, 0.2) is 36.5 Å². The average Bonchev–Trinajstić information content (AvgIpc) is 3.25. The van der Waals surface area contributed by atoms with Crippen LogP contribution in [0.25, 0.3) is 10.9 Å². The summed E-state index contributed by atoms with van der Waals surface area (Å²) in [6, 6.07) is 9.18. The summed E-state index contributed by atoms with van der Waals surface area (Å²) in [7, 11) is -0.744. The number of anilines is 1. The van der Waals surface area contributed by atoms with Gasteiger partial charge in [0.05, 0.1) is 6.04 Å². The number of nitrogens with one attached hydrogen (secondary N) is 3. The zero-order chi connectivity index (χ0) is 28.2. The van der Waals surface area contributed by atoms with Gasteiger partial charge in [0.25, 0.3) is 0 Å². The van der Waals surface area contributed by atoms with E-state index >= 15 is 0 Å². The molecule has 1 atom stereocenters. The number of carbonyl (C=O) groups excluding carboxylic acids is 2. The molecule has 0 saturated carbocycles. The Kier molecular flexibility index (Phi) is 8.73. The number of para-hydroxylation sites is 1. The number of pyridine rings is 1. The maximum absolute atomic E-state index is 12.5. The predicted molar refractivity (Wildman–Crippen MR) is 151 cm³/mol. The van der Waals surface area contributed by atoms with E-state index in [4.69, 9.17) is 30.4 Å². The van der Waals surface area contributed by atoms with E-state index < -0.39 is 18.8 Å². The Morgan fingerprint density at radius 2 is 2.00 bits per heavy atom. The summed E-state index contributed by atoms with van der Waals surface area (Å²) in [4.78, 5) is 31.6. The van der Waals surface area contributed by atoms with Gasteiger partial charge in [0, 0.05) is 41.2 Å². The van der Waals surface area contributed by atoms with Crippen LogP contribution in [0.3, 0.4) is 0 Å². The predicted octanol–water partition coefficient (Wildman–Crippen LogP) is 4.07. The van der Waals surface area contributed by atoms with Gasteiger partial charge in [-0.25, -0.2) is 9.78 Å². The average molecular weight is 557 g/mol. The van der Waals surface area contributed by atoms with Crippen molar-refractivity contribution in [3.05, 3.63) is 47.2 Å². The molecular weight excluding hydrogens is 523 g/mol. The highest BCUT2D eigenvalue weighted by atomic mass is 35.5. The molecule has 3 heterocycles. The molecule has 2 amide bonds. The van der Waals surface area contributed by atoms with Crippen LogP contribution < -0.4 is 20.8 Å². The standard InChI is InChI=1S/C27H34BClN4O6/c1-26(2,3)39-25(35)33-24-22(11-20(23(29)32-24)28-37-14-27(4,5)15-38-28)36-13-18(31-16-34)10-17-12-30-21-9-7-6-8-19(17)21/h6-9,11-12,16,18,30H,10,13-15H2,1-5H3,(H,31,34)(H,32,33,35)/t18-/m0/s1. The molecule has 0 radical (unpaired) electrons. The highest BCUT2D eigenvalue weighted by Crippen LogP contribution is 2.28. The smallest absolute Gasteiger partial charge is 0.488 e. The number of aromatic amines is 1. The Labute approximate surface area is 233 Å². The van der Waals surface area contributed by atoms with Crippen LogP contribution in [0.4, 0.5) is 10.6 Å². The topological polar surface area (TPSA) is 124 Å². The molecule has 39 heavy (non-hydrogen) atoms. The van der Waals surface area contributed by atoms with Gasteiger partial charge in [-0.2, -0.15) is 0 Å². The lowest BCUT2D eigenvalue weighted by Gasteiger charge is -2.33. The van der Waals surface area contributed by atoms with Crippen molar-refractivity contribution in [1.29, 1.82) is 0 Å². The van der Waals surface area contributed by atoms with Crippen molar-refractivity contribution in [2.24, 2.45) is 5.41 Å². The van der Waals surface area contributed by atoms with E-state index in [0.717, 1.165) is 16.5 Å².